The van der Waals surface area contributed by atoms with E-state index in [-0.39, 0.29) is 11.6 Å². The molecule has 0 radical (unpaired) electrons. The van der Waals surface area contributed by atoms with Crippen molar-refractivity contribution in [2.75, 3.05) is 11.4 Å². The molecule has 0 bridgehead atoms. The summed E-state index contributed by atoms with van der Waals surface area (Å²) in [6, 6.07) is 7.36. The zero-order chi connectivity index (χ0) is 14.8. The molecular weight excluding hydrogens is 267 g/mol. The summed E-state index contributed by atoms with van der Waals surface area (Å²) in [7, 11) is 0. The number of anilines is 1. The van der Waals surface area contributed by atoms with Crippen molar-refractivity contribution < 1.29 is 9.18 Å². The number of hydrogen-bond donors (Lipinski definition) is 0. The number of hydrogen-bond acceptors (Lipinski definition) is 3. The number of fused-ring (bicyclic) bond motifs is 1. The second-order valence-corrected chi connectivity index (χ2v) is 5.44. The van der Waals surface area contributed by atoms with Gasteiger partial charge in [-0.3, -0.25) is 9.78 Å². The molecule has 1 aromatic heterocycles. The lowest BCUT2D eigenvalue weighted by molar-refractivity contribution is 0.101. The van der Waals surface area contributed by atoms with Crippen LogP contribution in [0.25, 0.3) is 0 Å². The van der Waals surface area contributed by atoms with E-state index >= 15 is 0 Å². The Hall–Kier alpha value is -2.23. The fourth-order valence-corrected chi connectivity index (χ4v) is 2.82. The molecule has 3 rings (SSSR count). The average molecular weight is 284 g/mol. The minimum absolute atomic E-state index is 0.0873. The van der Waals surface area contributed by atoms with Crippen LogP contribution in [0.2, 0.25) is 0 Å². The number of halogens is 1. The van der Waals surface area contributed by atoms with E-state index in [0.29, 0.717) is 6.54 Å². The topological polar surface area (TPSA) is 33.2 Å². The number of pyridine rings is 1. The summed E-state index contributed by atoms with van der Waals surface area (Å²) in [6.07, 6.45) is 4.93. The second-order valence-electron chi connectivity index (χ2n) is 5.44. The van der Waals surface area contributed by atoms with Crippen LogP contribution in [-0.2, 0) is 13.0 Å². The van der Waals surface area contributed by atoms with Crippen molar-refractivity contribution >= 4 is 11.5 Å². The molecule has 4 heteroatoms. The molecule has 0 saturated carbocycles. The molecule has 0 fully saturated rings. The average Bonchev–Trinajstić information content (AvgIpc) is 2.47. The first-order valence-corrected chi connectivity index (χ1v) is 7.12. The van der Waals surface area contributed by atoms with Gasteiger partial charge in [0.2, 0.25) is 0 Å². The lowest BCUT2D eigenvalue weighted by Crippen LogP contribution is -2.29. The van der Waals surface area contributed by atoms with Gasteiger partial charge < -0.3 is 4.90 Å². The normalized spacial score (nSPS) is 13.9. The SMILES string of the molecule is CC(=O)c1ccc2c(c1)CCCN2Cc1cncc(F)c1. The Labute approximate surface area is 123 Å². The number of carbonyl (C=O) groups excluding carboxylic acids is 1. The molecule has 2 heterocycles. The van der Waals surface area contributed by atoms with Crippen LogP contribution in [0.3, 0.4) is 0 Å². The summed E-state index contributed by atoms with van der Waals surface area (Å²) in [5, 5.41) is 0. The lowest BCUT2D eigenvalue weighted by atomic mass is 9.97. The molecule has 108 valence electrons. The first-order valence-electron chi connectivity index (χ1n) is 7.12. The standard InChI is InChI=1S/C17H17FN2O/c1-12(21)14-4-5-17-15(8-14)3-2-6-20(17)11-13-7-16(18)10-19-9-13/h4-5,7-10H,2-3,6,11H2,1H3. The van der Waals surface area contributed by atoms with Crippen molar-refractivity contribution in [3.63, 3.8) is 0 Å². The van der Waals surface area contributed by atoms with E-state index in [1.807, 2.05) is 18.2 Å². The summed E-state index contributed by atoms with van der Waals surface area (Å²) in [4.78, 5) is 17.6. The van der Waals surface area contributed by atoms with Gasteiger partial charge in [-0.15, -0.1) is 0 Å². The maximum absolute atomic E-state index is 13.2. The Morgan fingerprint density at radius 3 is 2.95 bits per heavy atom. The third-order valence-electron chi connectivity index (χ3n) is 3.84. The predicted molar refractivity (Wildman–Crippen MR) is 80.0 cm³/mol. The van der Waals surface area contributed by atoms with Crippen molar-refractivity contribution in [2.45, 2.75) is 26.3 Å². The molecule has 21 heavy (non-hydrogen) atoms. The quantitative estimate of drug-likeness (QED) is 0.810. The molecule has 1 aromatic carbocycles. The molecule has 3 nitrogen and oxygen atoms in total. The van der Waals surface area contributed by atoms with Crippen LogP contribution in [0.1, 0.15) is 34.8 Å². The molecule has 0 saturated heterocycles. The summed E-state index contributed by atoms with van der Waals surface area (Å²) < 4.78 is 13.2. The minimum Gasteiger partial charge on any atom is -0.367 e. The summed E-state index contributed by atoms with van der Waals surface area (Å²) in [5.41, 5.74) is 3.94. The van der Waals surface area contributed by atoms with Gasteiger partial charge >= 0.3 is 0 Å². The number of aryl methyl sites for hydroxylation is 1. The number of rotatable bonds is 3. The smallest absolute Gasteiger partial charge is 0.159 e. The van der Waals surface area contributed by atoms with Crippen LogP contribution in [0.15, 0.2) is 36.7 Å². The second kappa shape index (κ2) is 5.64. The van der Waals surface area contributed by atoms with Gasteiger partial charge in [-0.25, -0.2) is 4.39 Å². The van der Waals surface area contributed by atoms with E-state index in [0.717, 1.165) is 36.2 Å². The predicted octanol–water partition coefficient (Wildman–Crippen LogP) is 3.38. The van der Waals surface area contributed by atoms with Gasteiger partial charge in [-0.2, -0.15) is 0 Å². The molecule has 0 aliphatic carbocycles. The van der Waals surface area contributed by atoms with Crippen LogP contribution in [0, 0.1) is 5.82 Å². The first kappa shape index (κ1) is 13.7. The fourth-order valence-electron chi connectivity index (χ4n) is 2.82. The first-order chi connectivity index (χ1) is 10.1. The van der Waals surface area contributed by atoms with Crippen molar-refractivity contribution in [3.8, 4) is 0 Å². The third-order valence-corrected chi connectivity index (χ3v) is 3.84. The molecule has 0 spiro atoms. The van der Waals surface area contributed by atoms with E-state index in [1.165, 1.54) is 17.8 Å². The highest BCUT2D eigenvalue weighted by atomic mass is 19.1. The molecule has 0 atom stereocenters. The zero-order valence-electron chi connectivity index (χ0n) is 12.0. The van der Waals surface area contributed by atoms with Gasteiger partial charge in [0.25, 0.3) is 0 Å². The minimum atomic E-state index is -0.309. The molecule has 0 unspecified atom stereocenters. The highest BCUT2D eigenvalue weighted by Crippen LogP contribution is 2.29. The lowest BCUT2D eigenvalue weighted by Gasteiger charge is -2.31. The number of nitrogens with zero attached hydrogens (tertiary/aromatic N) is 2. The Morgan fingerprint density at radius 1 is 1.33 bits per heavy atom. The summed E-state index contributed by atoms with van der Waals surface area (Å²) in [5.74, 6) is -0.221. The Kier molecular flexibility index (Phi) is 3.69. The highest BCUT2D eigenvalue weighted by molar-refractivity contribution is 5.94. The maximum Gasteiger partial charge on any atom is 0.159 e. The van der Waals surface area contributed by atoms with Crippen LogP contribution in [-0.4, -0.2) is 17.3 Å². The Morgan fingerprint density at radius 2 is 2.19 bits per heavy atom. The van der Waals surface area contributed by atoms with Gasteiger partial charge in [0.1, 0.15) is 5.82 Å². The molecule has 0 N–H and O–H groups in total. The number of aromatic nitrogens is 1. The Bertz CT molecular complexity index is 684. The van der Waals surface area contributed by atoms with Crippen molar-refractivity contribution in [3.05, 3.63) is 59.2 Å². The van der Waals surface area contributed by atoms with Gasteiger partial charge in [0.15, 0.2) is 5.78 Å². The molecule has 1 aliphatic heterocycles. The van der Waals surface area contributed by atoms with Crippen LogP contribution < -0.4 is 4.90 Å². The summed E-state index contributed by atoms with van der Waals surface area (Å²) in [6.45, 7) is 3.15. The number of Topliss-reactive ketones (excluding diaryl/α,β-unsaturated/α-hetero) is 1. The highest BCUT2D eigenvalue weighted by Gasteiger charge is 2.18. The fraction of sp³-hybridized carbons (Fsp3) is 0.294. The monoisotopic (exact) mass is 284 g/mol. The van der Waals surface area contributed by atoms with Crippen molar-refractivity contribution in [1.82, 2.24) is 4.98 Å². The zero-order valence-corrected chi connectivity index (χ0v) is 12.0. The number of benzene rings is 1. The third kappa shape index (κ3) is 2.94. The van der Waals surface area contributed by atoms with Gasteiger partial charge in [0, 0.05) is 30.5 Å². The molecule has 2 aromatic rings. The van der Waals surface area contributed by atoms with Crippen molar-refractivity contribution in [2.24, 2.45) is 0 Å². The van der Waals surface area contributed by atoms with Crippen LogP contribution in [0.5, 0.6) is 0 Å². The molecular formula is C17H17FN2O. The van der Waals surface area contributed by atoms with Gasteiger partial charge in [-0.05, 0) is 55.2 Å². The van der Waals surface area contributed by atoms with Gasteiger partial charge in [0.05, 0.1) is 6.20 Å². The Balaban J connectivity index is 1.88. The summed E-state index contributed by atoms with van der Waals surface area (Å²) >= 11 is 0. The molecule has 0 amide bonds. The van der Waals surface area contributed by atoms with E-state index in [4.69, 9.17) is 0 Å². The van der Waals surface area contributed by atoms with Crippen molar-refractivity contribution in [1.29, 1.82) is 0 Å². The number of carbonyl (C=O) groups is 1. The van der Waals surface area contributed by atoms with Gasteiger partial charge in [-0.1, -0.05) is 0 Å². The maximum atomic E-state index is 13.2. The van der Waals surface area contributed by atoms with Crippen LogP contribution in [0.4, 0.5) is 10.1 Å². The number of ketones is 1. The van der Waals surface area contributed by atoms with E-state index in [9.17, 15) is 9.18 Å². The van der Waals surface area contributed by atoms with Crippen LogP contribution >= 0.6 is 0 Å². The largest absolute Gasteiger partial charge is 0.367 e. The molecule has 1 aliphatic rings. The van der Waals surface area contributed by atoms with E-state index in [2.05, 4.69) is 9.88 Å². The van der Waals surface area contributed by atoms with E-state index in [1.54, 1.807) is 13.1 Å². The van der Waals surface area contributed by atoms with E-state index < -0.39 is 0 Å².